The van der Waals surface area contributed by atoms with Crippen LogP contribution in [-0.4, -0.2) is 31.5 Å². The van der Waals surface area contributed by atoms with Gasteiger partial charge in [0, 0.05) is 28.5 Å². The number of halogens is 2. The lowest BCUT2D eigenvalue weighted by molar-refractivity contribution is 0.284. The molecule has 0 spiro atoms. The molecule has 4 rings (SSSR count). The fourth-order valence-electron chi connectivity index (χ4n) is 4.14. The number of rotatable bonds is 8. The van der Waals surface area contributed by atoms with E-state index in [1.54, 1.807) is 0 Å². The quantitative estimate of drug-likeness (QED) is 0.240. The van der Waals surface area contributed by atoms with Gasteiger partial charge in [-0.1, -0.05) is 42.8 Å². The molecule has 1 aliphatic carbocycles. The molecule has 0 unspecified atom stereocenters. The summed E-state index contributed by atoms with van der Waals surface area (Å²) in [6.07, 6.45) is 3.88. The maximum atomic E-state index is 12.6. The smallest absolute Gasteiger partial charge is 0.240 e. The molecule has 1 heterocycles. The second-order valence-electron chi connectivity index (χ2n) is 8.28. The third-order valence-corrected chi connectivity index (χ3v) is 7.80. The molecule has 0 amide bonds. The largest absolute Gasteiger partial charge is 0.354 e. The monoisotopic (exact) mass is 524 g/mol. The van der Waals surface area contributed by atoms with Gasteiger partial charge >= 0.3 is 0 Å². The minimum Gasteiger partial charge on any atom is -0.354 e. The number of para-hydroxylation sites is 1. The number of anilines is 2. The zero-order valence-corrected chi connectivity index (χ0v) is 20.2. The lowest BCUT2D eigenvalue weighted by atomic mass is 9.82. The Morgan fingerprint density at radius 3 is 2.21 bits per heavy atom. The first kappa shape index (κ1) is 26.4. The highest BCUT2D eigenvalue weighted by molar-refractivity contribution is 7.89. The molecule has 0 atom stereocenters. The zero-order chi connectivity index (χ0) is 23.4. The third-order valence-electron chi connectivity index (χ3n) is 5.96. The van der Waals surface area contributed by atoms with Gasteiger partial charge in [-0.2, -0.15) is 4.98 Å². The molecule has 0 radical (unpaired) electrons. The Kier molecular flexibility index (Phi) is 8.95. The van der Waals surface area contributed by atoms with Crippen LogP contribution in [0, 0.1) is 11.8 Å². The van der Waals surface area contributed by atoms with Gasteiger partial charge in [0.15, 0.2) is 5.82 Å². The Morgan fingerprint density at radius 1 is 0.941 bits per heavy atom. The van der Waals surface area contributed by atoms with Crippen LogP contribution in [0.4, 0.5) is 11.8 Å². The van der Waals surface area contributed by atoms with Gasteiger partial charge in [0.25, 0.3) is 0 Å². The van der Waals surface area contributed by atoms with Crippen LogP contribution < -0.4 is 21.3 Å². The molecule has 1 aliphatic rings. The molecule has 1 aromatic heterocycles. The fraction of sp³-hybridized carbons (Fsp3) is 0.391. The molecule has 1 fully saturated rings. The van der Waals surface area contributed by atoms with E-state index in [-0.39, 0.29) is 18.2 Å². The minimum absolute atomic E-state index is 0. The Bertz CT molecular complexity index is 1210. The van der Waals surface area contributed by atoms with Gasteiger partial charge in [0.1, 0.15) is 0 Å². The molecule has 0 saturated heterocycles. The van der Waals surface area contributed by atoms with Gasteiger partial charge in [-0.05, 0) is 67.9 Å². The van der Waals surface area contributed by atoms with Crippen LogP contribution in [0.15, 0.2) is 47.4 Å². The molecule has 11 heteroatoms. The van der Waals surface area contributed by atoms with E-state index < -0.39 is 10.0 Å². The van der Waals surface area contributed by atoms with Crippen molar-refractivity contribution in [1.29, 1.82) is 0 Å². The van der Waals surface area contributed by atoms with Gasteiger partial charge in [-0.3, -0.25) is 0 Å². The maximum Gasteiger partial charge on any atom is 0.240 e. The summed E-state index contributed by atoms with van der Waals surface area (Å²) >= 11 is 11.9. The first-order valence-electron chi connectivity index (χ1n) is 10.8. The van der Waals surface area contributed by atoms with Crippen LogP contribution in [-0.2, 0) is 10.0 Å². The molecule has 34 heavy (non-hydrogen) atoms. The number of nitrogens with one attached hydrogen (secondary N) is 3. The topological polar surface area (TPSA) is 122 Å². The summed E-state index contributed by atoms with van der Waals surface area (Å²) in [5.74, 6) is 7.50. The van der Waals surface area contributed by atoms with E-state index in [9.17, 15) is 8.42 Å². The fourth-order valence-corrected chi connectivity index (χ4v) is 5.98. The zero-order valence-electron chi connectivity index (χ0n) is 17.9. The highest BCUT2D eigenvalue weighted by Crippen LogP contribution is 2.30. The summed E-state index contributed by atoms with van der Waals surface area (Å²) in [5.41, 5.74) is 3.46. The number of hydrogen-bond acceptors (Lipinski definition) is 7. The average molecular weight is 526 g/mol. The first-order valence-corrected chi connectivity index (χ1v) is 13.0. The van der Waals surface area contributed by atoms with Crippen molar-refractivity contribution < 1.29 is 8.42 Å². The van der Waals surface area contributed by atoms with Gasteiger partial charge in [-0.15, -0.1) is 0 Å². The second-order valence-corrected chi connectivity index (χ2v) is 10.9. The summed E-state index contributed by atoms with van der Waals surface area (Å²) in [6.45, 7) is 1.15. The third kappa shape index (κ3) is 6.49. The molecular weight excluding hydrogens is 495 g/mol. The number of fused-ring (bicyclic) bond motifs is 1. The standard InChI is InChI=1S/C22H26Cl2N6O2S.CH4/c23-16-9-17(24)11-18(10-16)33(31,32)27-13-15-7-5-14(6-8-15)12-26-22-28-20-4-2-1-3-19(20)21(29-22)30-25;/h1-4,9-11,14-15,27H,5-8,12-13,25H2,(H2,26,28,29,30);1H4. The molecule has 184 valence electrons. The normalized spacial score (nSPS) is 18.3. The number of hydrogen-bond donors (Lipinski definition) is 4. The lowest BCUT2D eigenvalue weighted by Gasteiger charge is -2.28. The van der Waals surface area contributed by atoms with Crippen molar-refractivity contribution in [2.24, 2.45) is 17.7 Å². The Balaban J connectivity index is 0.00000324. The number of nitrogens with zero attached hydrogens (tertiary/aromatic N) is 2. The summed E-state index contributed by atoms with van der Waals surface area (Å²) in [5, 5.41) is 4.78. The summed E-state index contributed by atoms with van der Waals surface area (Å²) in [6, 6.07) is 12.0. The van der Waals surface area contributed by atoms with Crippen LogP contribution in [0.5, 0.6) is 0 Å². The molecule has 1 saturated carbocycles. The van der Waals surface area contributed by atoms with Crippen molar-refractivity contribution in [2.75, 3.05) is 23.8 Å². The van der Waals surface area contributed by atoms with Gasteiger partial charge in [0.05, 0.1) is 10.4 Å². The van der Waals surface area contributed by atoms with E-state index in [1.807, 2.05) is 24.3 Å². The Hall–Kier alpha value is -2.17. The van der Waals surface area contributed by atoms with Gasteiger partial charge in [0.2, 0.25) is 16.0 Å². The van der Waals surface area contributed by atoms with Crippen molar-refractivity contribution >= 4 is 55.9 Å². The average Bonchev–Trinajstić information content (AvgIpc) is 2.81. The van der Waals surface area contributed by atoms with Crippen molar-refractivity contribution in [1.82, 2.24) is 14.7 Å². The predicted molar refractivity (Wildman–Crippen MR) is 140 cm³/mol. The highest BCUT2D eigenvalue weighted by atomic mass is 35.5. The number of sulfonamides is 1. The van der Waals surface area contributed by atoms with Crippen LogP contribution in [0.2, 0.25) is 10.0 Å². The lowest BCUT2D eigenvalue weighted by Crippen LogP contribution is -2.32. The summed E-state index contributed by atoms with van der Waals surface area (Å²) in [4.78, 5) is 9.11. The highest BCUT2D eigenvalue weighted by Gasteiger charge is 2.24. The van der Waals surface area contributed by atoms with E-state index in [4.69, 9.17) is 29.0 Å². The van der Waals surface area contributed by atoms with Gasteiger partial charge in [-0.25, -0.2) is 24.0 Å². The van der Waals surface area contributed by atoms with Crippen LogP contribution in [0.25, 0.3) is 10.9 Å². The molecule has 0 aliphatic heterocycles. The SMILES string of the molecule is C.NNc1nc(NCC2CCC(CNS(=O)(=O)c3cc(Cl)cc(Cl)c3)CC2)nc2ccccc12. The minimum atomic E-state index is -3.65. The first-order chi connectivity index (χ1) is 15.8. The van der Waals surface area contributed by atoms with E-state index in [0.29, 0.717) is 34.3 Å². The Labute approximate surface area is 210 Å². The summed E-state index contributed by atoms with van der Waals surface area (Å²) in [7, 11) is -3.65. The number of hydrazine groups is 1. The molecule has 5 N–H and O–H groups in total. The van der Waals surface area contributed by atoms with E-state index in [1.165, 1.54) is 18.2 Å². The molecule has 3 aromatic rings. The van der Waals surface area contributed by atoms with E-state index in [0.717, 1.165) is 43.1 Å². The van der Waals surface area contributed by atoms with Crippen LogP contribution >= 0.6 is 23.2 Å². The van der Waals surface area contributed by atoms with E-state index in [2.05, 4.69) is 25.4 Å². The van der Waals surface area contributed by atoms with Crippen molar-refractivity contribution in [3.63, 3.8) is 0 Å². The van der Waals surface area contributed by atoms with Crippen LogP contribution in [0.3, 0.4) is 0 Å². The number of nitrogen functional groups attached to an aromatic ring is 1. The number of aromatic nitrogens is 2. The molecule has 8 nitrogen and oxygen atoms in total. The predicted octanol–water partition coefficient (Wildman–Crippen LogP) is 5.06. The molecule has 2 aromatic carbocycles. The van der Waals surface area contributed by atoms with Gasteiger partial charge < -0.3 is 10.7 Å². The molecular formula is C23H30Cl2N6O2S. The van der Waals surface area contributed by atoms with E-state index >= 15 is 0 Å². The van der Waals surface area contributed by atoms with Crippen molar-refractivity contribution in [3.8, 4) is 0 Å². The van der Waals surface area contributed by atoms with Crippen LogP contribution in [0.1, 0.15) is 33.1 Å². The van der Waals surface area contributed by atoms with Crippen molar-refractivity contribution in [3.05, 3.63) is 52.5 Å². The number of benzene rings is 2. The van der Waals surface area contributed by atoms with Crippen molar-refractivity contribution in [2.45, 2.75) is 38.0 Å². The maximum absolute atomic E-state index is 12.6. The second kappa shape index (κ2) is 11.5. The number of nitrogens with two attached hydrogens (primary N) is 1. The summed E-state index contributed by atoms with van der Waals surface area (Å²) < 4.78 is 27.9. The Morgan fingerprint density at radius 2 is 1.56 bits per heavy atom. The molecule has 0 bridgehead atoms.